The van der Waals surface area contributed by atoms with Crippen molar-refractivity contribution in [1.29, 1.82) is 0 Å². The zero-order valence-electron chi connectivity index (χ0n) is 28.6. The first-order valence-electron chi connectivity index (χ1n) is 16.0. The van der Waals surface area contributed by atoms with Crippen molar-refractivity contribution in [1.82, 2.24) is 14.0 Å². The molecule has 0 spiro atoms. The number of hydrogen-bond acceptors (Lipinski definition) is 8. The normalized spacial score (nSPS) is 12.0. The van der Waals surface area contributed by atoms with Gasteiger partial charge in [-0.05, 0) is 78.7 Å². The fourth-order valence-corrected chi connectivity index (χ4v) is 8.32. The van der Waals surface area contributed by atoms with Gasteiger partial charge in [-0.2, -0.15) is 13.7 Å². The molecule has 0 bridgehead atoms. The average Bonchev–Trinajstić information content (AvgIpc) is 3.56. The van der Waals surface area contributed by atoms with Crippen LogP contribution in [0.2, 0.25) is 10.0 Å². The van der Waals surface area contributed by atoms with Crippen molar-refractivity contribution >= 4 is 67.0 Å². The van der Waals surface area contributed by atoms with Gasteiger partial charge in [-0.3, -0.25) is 9.59 Å². The van der Waals surface area contributed by atoms with Gasteiger partial charge in [-0.15, -0.1) is 0 Å². The van der Waals surface area contributed by atoms with E-state index in [1.54, 1.807) is 66.7 Å². The summed E-state index contributed by atoms with van der Waals surface area (Å²) >= 11 is 12.5. The van der Waals surface area contributed by atoms with Crippen LogP contribution in [0.1, 0.15) is 35.1 Å². The summed E-state index contributed by atoms with van der Waals surface area (Å²) < 4.78 is 63.0. The van der Waals surface area contributed by atoms with Crippen molar-refractivity contribution in [2.24, 2.45) is 5.10 Å². The Balaban J connectivity index is 1.30. The molecule has 2 N–H and O–H groups in total. The number of carbonyl (C=O) groups excluding carboxylic acids is 2. The third kappa shape index (κ3) is 10.6. The number of amides is 2. The van der Waals surface area contributed by atoms with Gasteiger partial charge in [0.2, 0.25) is 26.0 Å². The molecule has 0 saturated carbocycles. The van der Waals surface area contributed by atoms with E-state index in [0.717, 1.165) is 9.87 Å². The maximum absolute atomic E-state index is 13.8. The number of benzene rings is 4. The number of furan rings is 1. The maximum Gasteiger partial charge on any atom is 0.255 e. The monoisotopic (exact) mass is 795 g/mol. The van der Waals surface area contributed by atoms with E-state index >= 15 is 0 Å². The SMILES string of the molecule is CC(=O)Nc1ccc(S(=O)(=O)N(CC(=O)N/N=C\c2ccc(CN(Cc3ccc(Cl)cc3Cl)S(=O)(=O)c3ccc(C)cc3)o2)Cc2ccccc2)cc1. The Morgan fingerprint density at radius 2 is 1.42 bits per heavy atom. The minimum atomic E-state index is -4.17. The summed E-state index contributed by atoms with van der Waals surface area (Å²) in [6, 6.07) is 28.8. The van der Waals surface area contributed by atoms with Crippen molar-refractivity contribution in [3.63, 3.8) is 0 Å². The number of anilines is 1. The average molecular weight is 797 g/mol. The first-order valence-corrected chi connectivity index (χ1v) is 19.7. The molecule has 5 rings (SSSR count). The van der Waals surface area contributed by atoms with Crippen LogP contribution in [0.25, 0.3) is 0 Å². The van der Waals surface area contributed by atoms with Crippen LogP contribution in [0.4, 0.5) is 5.69 Å². The van der Waals surface area contributed by atoms with Gasteiger partial charge in [0, 0.05) is 35.7 Å². The highest BCUT2D eigenvalue weighted by atomic mass is 35.5. The van der Waals surface area contributed by atoms with E-state index in [0.29, 0.717) is 26.9 Å². The molecule has 5 aromatic rings. The van der Waals surface area contributed by atoms with E-state index < -0.39 is 32.5 Å². The van der Waals surface area contributed by atoms with E-state index in [1.807, 2.05) is 6.92 Å². The summed E-state index contributed by atoms with van der Waals surface area (Å²) in [4.78, 5) is 24.4. The number of nitrogens with one attached hydrogen (secondary N) is 2. The van der Waals surface area contributed by atoms with Gasteiger partial charge in [0.05, 0.1) is 29.1 Å². The lowest BCUT2D eigenvalue weighted by Crippen LogP contribution is -2.39. The number of rotatable bonds is 15. The van der Waals surface area contributed by atoms with Crippen LogP contribution in [0, 0.1) is 6.92 Å². The zero-order chi connectivity index (χ0) is 38.2. The molecule has 0 fully saturated rings. The lowest BCUT2D eigenvalue weighted by Gasteiger charge is -2.22. The van der Waals surface area contributed by atoms with E-state index in [9.17, 15) is 26.4 Å². The molecule has 2 amide bonds. The highest BCUT2D eigenvalue weighted by molar-refractivity contribution is 7.89. The van der Waals surface area contributed by atoms with Crippen molar-refractivity contribution in [2.75, 3.05) is 11.9 Å². The van der Waals surface area contributed by atoms with Crippen LogP contribution in [0.15, 0.2) is 129 Å². The molecule has 0 aliphatic heterocycles. The molecule has 0 saturated heterocycles. The molecule has 12 nitrogen and oxygen atoms in total. The van der Waals surface area contributed by atoms with Crippen LogP contribution in [-0.2, 0) is 49.3 Å². The number of hydrogen-bond donors (Lipinski definition) is 2. The van der Waals surface area contributed by atoms with Gasteiger partial charge in [-0.25, -0.2) is 22.3 Å². The molecule has 276 valence electrons. The highest BCUT2D eigenvalue weighted by Gasteiger charge is 2.28. The third-order valence-corrected chi connectivity index (χ3v) is 11.9. The van der Waals surface area contributed by atoms with Crippen molar-refractivity contribution in [3.8, 4) is 0 Å². The Kier molecular flexibility index (Phi) is 12.9. The molecule has 4 aromatic carbocycles. The van der Waals surface area contributed by atoms with Crippen molar-refractivity contribution < 1.29 is 30.8 Å². The number of carbonyl (C=O) groups is 2. The minimum Gasteiger partial charge on any atom is -0.459 e. The summed E-state index contributed by atoms with van der Waals surface area (Å²) in [6.07, 6.45) is 1.22. The van der Waals surface area contributed by atoms with Crippen LogP contribution in [0.5, 0.6) is 0 Å². The van der Waals surface area contributed by atoms with Crippen molar-refractivity contribution in [2.45, 2.75) is 43.3 Å². The molecule has 0 radical (unpaired) electrons. The number of nitrogens with zero attached hydrogens (tertiary/aromatic N) is 3. The first kappa shape index (κ1) is 39.4. The van der Waals surface area contributed by atoms with E-state index in [2.05, 4.69) is 15.8 Å². The molecule has 0 aliphatic rings. The van der Waals surface area contributed by atoms with E-state index in [-0.39, 0.29) is 46.9 Å². The molecule has 53 heavy (non-hydrogen) atoms. The zero-order valence-corrected chi connectivity index (χ0v) is 31.7. The summed E-state index contributed by atoms with van der Waals surface area (Å²) in [5.74, 6) is -0.548. The fourth-order valence-electron chi connectivity index (χ4n) is 5.09. The summed E-state index contributed by atoms with van der Waals surface area (Å²) in [5, 5.41) is 7.24. The van der Waals surface area contributed by atoms with Gasteiger partial charge in [-0.1, -0.05) is 77.3 Å². The van der Waals surface area contributed by atoms with Gasteiger partial charge in [0.1, 0.15) is 11.5 Å². The van der Waals surface area contributed by atoms with Gasteiger partial charge in [0.25, 0.3) is 5.91 Å². The Hall–Kier alpha value is -4.83. The Morgan fingerprint density at radius 1 is 0.774 bits per heavy atom. The van der Waals surface area contributed by atoms with Crippen molar-refractivity contribution in [3.05, 3.63) is 147 Å². The first-order chi connectivity index (χ1) is 25.2. The molecule has 0 aliphatic carbocycles. The molecule has 1 aromatic heterocycles. The number of sulfonamides is 2. The Labute approximate surface area is 318 Å². The van der Waals surface area contributed by atoms with Crippen LogP contribution in [0.3, 0.4) is 0 Å². The quantitative estimate of drug-likeness (QED) is 0.0895. The third-order valence-electron chi connectivity index (χ3n) is 7.75. The molecule has 16 heteroatoms. The van der Waals surface area contributed by atoms with Crippen LogP contribution < -0.4 is 10.7 Å². The number of hydrazone groups is 1. The number of halogens is 2. The summed E-state index contributed by atoms with van der Waals surface area (Å²) in [5.41, 5.74) is 4.84. The molecule has 1 heterocycles. The minimum absolute atomic E-state index is 0.0706. The largest absolute Gasteiger partial charge is 0.459 e. The second-order valence-electron chi connectivity index (χ2n) is 11.9. The summed E-state index contributed by atoms with van der Waals surface area (Å²) in [6.45, 7) is 2.30. The standard InChI is InChI=1S/C37H35Cl2N5O7S2/c1-26-8-16-34(17-9-26)53(49,50)44(23-29-10-11-30(38)20-36(29)39)24-33-15-14-32(51-33)21-40-42-37(46)25-43(22-28-6-4-3-5-7-28)52(47,48)35-18-12-31(13-19-35)41-27(2)45/h3-21H,22-25H2,1-2H3,(H,41,45)(H,42,46)/b40-21-. The second kappa shape index (κ2) is 17.3. The second-order valence-corrected chi connectivity index (χ2v) is 16.6. The van der Waals surface area contributed by atoms with Gasteiger partial charge in [0.15, 0.2) is 0 Å². The van der Waals surface area contributed by atoms with Gasteiger partial charge >= 0.3 is 0 Å². The van der Waals surface area contributed by atoms with E-state index in [1.165, 1.54) is 59.9 Å². The molecule has 0 atom stereocenters. The molecular weight excluding hydrogens is 761 g/mol. The predicted molar refractivity (Wildman–Crippen MR) is 203 cm³/mol. The molecular formula is C37H35Cl2N5O7S2. The summed E-state index contributed by atoms with van der Waals surface area (Å²) in [7, 11) is -8.18. The van der Waals surface area contributed by atoms with Crippen LogP contribution in [-0.4, -0.2) is 50.0 Å². The van der Waals surface area contributed by atoms with Crippen LogP contribution >= 0.6 is 23.2 Å². The van der Waals surface area contributed by atoms with Gasteiger partial charge < -0.3 is 9.73 Å². The maximum atomic E-state index is 13.8. The Bertz CT molecular complexity index is 2320. The smallest absolute Gasteiger partial charge is 0.255 e. The topological polar surface area (TPSA) is 158 Å². The molecule has 0 unspecified atom stereocenters. The Morgan fingerprint density at radius 3 is 2.06 bits per heavy atom. The lowest BCUT2D eigenvalue weighted by molar-refractivity contribution is -0.121. The fraction of sp³-hybridized carbons (Fsp3) is 0.162. The predicted octanol–water partition coefficient (Wildman–Crippen LogP) is 6.59. The number of aryl methyl sites for hydroxylation is 1. The lowest BCUT2D eigenvalue weighted by atomic mass is 10.2. The highest BCUT2D eigenvalue weighted by Crippen LogP contribution is 2.27. The van der Waals surface area contributed by atoms with E-state index in [4.69, 9.17) is 27.6 Å².